The molecule has 0 aliphatic heterocycles. The van der Waals surface area contributed by atoms with Crippen LogP contribution >= 0.6 is 0 Å². The van der Waals surface area contributed by atoms with Crippen LogP contribution in [-0.2, 0) is 16.1 Å². The van der Waals surface area contributed by atoms with E-state index >= 15 is 0 Å². The number of carbonyl (C=O) groups is 2. The van der Waals surface area contributed by atoms with Gasteiger partial charge in [0.05, 0.1) is 6.54 Å². The molecule has 0 radical (unpaired) electrons. The van der Waals surface area contributed by atoms with Gasteiger partial charge in [-0.05, 0) is 24.8 Å². The minimum Gasteiger partial charge on any atom is -0.445 e. The average molecular weight is 293 g/mol. The number of nitrogens with two attached hydrogens (primary N) is 1. The van der Waals surface area contributed by atoms with Crippen molar-refractivity contribution >= 4 is 12.0 Å². The first-order chi connectivity index (χ1) is 10.2. The van der Waals surface area contributed by atoms with E-state index in [1.807, 2.05) is 30.3 Å². The Balaban J connectivity index is 1.95. The Morgan fingerprint density at radius 2 is 1.67 bits per heavy atom. The zero-order valence-corrected chi connectivity index (χ0v) is 12.1. The highest BCUT2D eigenvalue weighted by molar-refractivity contribution is 5.77. The second-order valence-corrected chi connectivity index (χ2v) is 4.60. The summed E-state index contributed by atoms with van der Waals surface area (Å²) in [6.07, 6.45) is 2.23. The van der Waals surface area contributed by atoms with Crippen LogP contribution in [0.2, 0.25) is 0 Å². The Kier molecular flexibility index (Phi) is 8.63. The Labute approximate surface area is 125 Å². The third-order valence-corrected chi connectivity index (χ3v) is 2.84. The molecule has 4 N–H and O–H groups in total. The van der Waals surface area contributed by atoms with Crippen molar-refractivity contribution in [3.05, 3.63) is 35.9 Å². The van der Waals surface area contributed by atoms with Gasteiger partial charge in [0.15, 0.2) is 0 Å². The molecule has 116 valence electrons. The topological polar surface area (TPSA) is 93.5 Å². The molecule has 0 atom stereocenters. The van der Waals surface area contributed by atoms with Crippen LogP contribution in [0.1, 0.15) is 24.8 Å². The molecule has 0 bridgehead atoms. The Bertz CT molecular complexity index is 423. The summed E-state index contributed by atoms with van der Waals surface area (Å²) in [6, 6.07) is 9.53. The van der Waals surface area contributed by atoms with E-state index in [0.29, 0.717) is 13.1 Å². The summed E-state index contributed by atoms with van der Waals surface area (Å²) in [5, 5.41) is 5.39. The van der Waals surface area contributed by atoms with Crippen molar-refractivity contribution in [3.8, 4) is 0 Å². The van der Waals surface area contributed by atoms with Gasteiger partial charge in [0.25, 0.3) is 0 Å². The molecule has 0 spiro atoms. The van der Waals surface area contributed by atoms with Crippen molar-refractivity contribution in [2.45, 2.75) is 25.9 Å². The zero-order chi connectivity index (χ0) is 15.3. The second kappa shape index (κ2) is 10.7. The maximum atomic E-state index is 11.4. The van der Waals surface area contributed by atoms with Crippen LogP contribution in [0.15, 0.2) is 30.3 Å². The highest BCUT2D eigenvalue weighted by atomic mass is 16.5. The average Bonchev–Trinajstić information content (AvgIpc) is 2.52. The highest BCUT2D eigenvalue weighted by Gasteiger charge is 2.01. The number of carbonyl (C=O) groups excluding carboxylic acids is 2. The zero-order valence-electron chi connectivity index (χ0n) is 12.1. The van der Waals surface area contributed by atoms with Gasteiger partial charge >= 0.3 is 6.09 Å². The van der Waals surface area contributed by atoms with Gasteiger partial charge in [0, 0.05) is 13.1 Å². The van der Waals surface area contributed by atoms with E-state index < -0.39 is 6.09 Å². The van der Waals surface area contributed by atoms with Crippen LogP contribution in [0.3, 0.4) is 0 Å². The number of amides is 2. The maximum Gasteiger partial charge on any atom is 0.407 e. The van der Waals surface area contributed by atoms with Crippen LogP contribution in [0.25, 0.3) is 0 Å². The lowest BCUT2D eigenvalue weighted by Gasteiger charge is -2.07. The summed E-state index contributed by atoms with van der Waals surface area (Å²) < 4.78 is 5.08. The largest absolute Gasteiger partial charge is 0.445 e. The molecule has 0 unspecified atom stereocenters. The normalized spacial score (nSPS) is 9.95. The van der Waals surface area contributed by atoms with E-state index in [4.69, 9.17) is 10.5 Å². The summed E-state index contributed by atoms with van der Waals surface area (Å²) in [5.41, 5.74) is 6.13. The van der Waals surface area contributed by atoms with Crippen molar-refractivity contribution in [3.63, 3.8) is 0 Å². The molecule has 0 aliphatic carbocycles. The van der Waals surface area contributed by atoms with Crippen molar-refractivity contribution in [1.29, 1.82) is 0 Å². The third-order valence-electron chi connectivity index (χ3n) is 2.84. The molecule has 1 aromatic rings. The number of unbranched alkanes of at least 4 members (excludes halogenated alkanes) is 2. The number of hydrogen-bond acceptors (Lipinski definition) is 4. The molecule has 0 saturated carbocycles. The van der Waals surface area contributed by atoms with E-state index in [0.717, 1.165) is 24.8 Å². The first-order valence-electron chi connectivity index (χ1n) is 7.13. The lowest BCUT2D eigenvalue weighted by Crippen LogP contribution is -2.31. The lowest BCUT2D eigenvalue weighted by molar-refractivity contribution is -0.119. The Morgan fingerprint density at radius 1 is 1.00 bits per heavy atom. The molecule has 1 aromatic carbocycles. The standard InChI is InChI=1S/C15H23N3O3/c16-11-14(19)17-9-5-2-6-10-18-15(20)21-12-13-7-3-1-4-8-13/h1,3-4,7-8H,2,5-6,9-12,16H2,(H,17,19)(H,18,20). The molecule has 0 saturated heterocycles. The van der Waals surface area contributed by atoms with Gasteiger partial charge in [0.2, 0.25) is 5.91 Å². The van der Waals surface area contributed by atoms with Crippen molar-refractivity contribution in [2.75, 3.05) is 19.6 Å². The van der Waals surface area contributed by atoms with Gasteiger partial charge in [-0.2, -0.15) is 0 Å². The van der Waals surface area contributed by atoms with Crippen molar-refractivity contribution in [1.82, 2.24) is 10.6 Å². The SMILES string of the molecule is NCC(=O)NCCCCCNC(=O)OCc1ccccc1. The molecule has 21 heavy (non-hydrogen) atoms. The molecule has 6 heteroatoms. The van der Waals surface area contributed by atoms with Crippen molar-refractivity contribution < 1.29 is 14.3 Å². The maximum absolute atomic E-state index is 11.4. The Morgan fingerprint density at radius 3 is 2.33 bits per heavy atom. The number of hydrogen-bond donors (Lipinski definition) is 3. The molecule has 0 aliphatic rings. The fraction of sp³-hybridized carbons (Fsp3) is 0.467. The molecular weight excluding hydrogens is 270 g/mol. The number of rotatable bonds is 9. The smallest absolute Gasteiger partial charge is 0.407 e. The van der Waals surface area contributed by atoms with Gasteiger partial charge in [-0.1, -0.05) is 30.3 Å². The molecule has 2 amide bonds. The van der Waals surface area contributed by atoms with Gasteiger partial charge < -0.3 is 21.1 Å². The van der Waals surface area contributed by atoms with Crippen LogP contribution in [0.5, 0.6) is 0 Å². The van der Waals surface area contributed by atoms with Crippen molar-refractivity contribution in [2.24, 2.45) is 5.73 Å². The van der Waals surface area contributed by atoms with Gasteiger partial charge in [-0.3, -0.25) is 4.79 Å². The minimum atomic E-state index is -0.407. The van der Waals surface area contributed by atoms with E-state index in [1.54, 1.807) is 0 Å². The number of benzene rings is 1. The summed E-state index contributed by atoms with van der Waals surface area (Å²) in [5.74, 6) is -0.141. The number of nitrogens with one attached hydrogen (secondary N) is 2. The molecule has 0 heterocycles. The predicted molar refractivity (Wildman–Crippen MR) is 80.5 cm³/mol. The predicted octanol–water partition coefficient (Wildman–Crippen LogP) is 1.16. The fourth-order valence-corrected chi connectivity index (χ4v) is 1.69. The molecule has 1 rings (SSSR count). The van der Waals surface area contributed by atoms with Gasteiger partial charge in [0.1, 0.15) is 6.61 Å². The van der Waals surface area contributed by atoms with E-state index in [9.17, 15) is 9.59 Å². The van der Waals surface area contributed by atoms with Crippen LogP contribution < -0.4 is 16.4 Å². The monoisotopic (exact) mass is 293 g/mol. The second-order valence-electron chi connectivity index (χ2n) is 4.60. The van der Waals surface area contributed by atoms with Gasteiger partial charge in [-0.25, -0.2) is 4.79 Å². The number of alkyl carbamates (subject to hydrolysis) is 1. The first kappa shape index (κ1) is 17.0. The molecule has 0 fully saturated rings. The van der Waals surface area contributed by atoms with Crippen LogP contribution in [-0.4, -0.2) is 31.6 Å². The van der Waals surface area contributed by atoms with Crippen LogP contribution in [0.4, 0.5) is 4.79 Å². The minimum absolute atomic E-state index is 0.0226. The summed E-state index contributed by atoms with van der Waals surface area (Å²) in [4.78, 5) is 22.3. The Hall–Kier alpha value is -2.08. The summed E-state index contributed by atoms with van der Waals surface area (Å²) in [6.45, 7) is 1.49. The van der Waals surface area contributed by atoms with E-state index in [-0.39, 0.29) is 19.1 Å². The molecule has 6 nitrogen and oxygen atoms in total. The quantitative estimate of drug-likeness (QED) is 0.596. The summed E-state index contributed by atoms with van der Waals surface area (Å²) >= 11 is 0. The third kappa shape index (κ3) is 8.65. The van der Waals surface area contributed by atoms with E-state index in [2.05, 4.69) is 10.6 Å². The lowest BCUT2D eigenvalue weighted by atomic mass is 10.2. The fourth-order valence-electron chi connectivity index (χ4n) is 1.69. The highest BCUT2D eigenvalue weighted by Crippen LogP contribution is 2.00. The first-order valence-corrected chi connectivity index (χ1v) is 7.13. The van der Waals surface area contributed by atoms with Crippen LogP contribution in [0, 0.1) is 0 Å². The molecule has 0 aromatic heterocycles. The van der Waals surface area contributed by atoms with E-state index in [1.165, 1.54) is 0 Å². The van der Waals surface area contributed by atoms with Gasteiger partial charge in [-0.15, -0.1) is 0 Å². The summed E-state index contributed by atoms with van der Waals surface area (Å²) in [7, 11) is 0. The molecular formula is C15H23N3O3. The number of ether oxygens (including phenoxy) is 1.